The van der Waals surface area contributed by atoms with E-state index in [4.69, 9.17) is 0 Å². The molecule has 5 aromatic heterocycles. The Balaban J connectivity index is 1.28. The summed E-state index contributed by atoms with van der Waals surface area (Å²) >= 11 is 0. The zero-order valence-electron chi connectivity index (χ0n) is 19.2. The van der Waals surface area contributed by atoms with Crippen molar-refractivity contribution in [2.24, 2.45) is 0 Å². The number of aromatic nitrogens is 7. The van der Waals surface area contributed by atoms with Gasteiger partial charge in [-0.25, -0.2) is 24.3 Å². The Morgan fingerprint density at radius 1 is 1.06 bits per heavy atom. The molecule has 5 heterocycles. The maximum absolute atomic E-state index is 14.4. The molecule has 0 bridgehead atoms. The van der Waals surface area contributed by atoms with Crippen LogP contribution >= 0.6 is 0 Å². The van der Waals surface area contributed by atoms with Crippen molar-refractivity contribution in [1.82, 2.24) is 34.9 Å². The van der Waals surface area contributed by atoms with E-state index < -0.39 is 5.67 Å². The number of nitrogens with one attached hydrogen (secondary N) is 3. The number of hydrogen-bond acceptors (Lipinski definition) is 8. The Bertz CT molecular complexity index is 1610. The highest BCUT2D eigenvalue weighted by Crippen LogP contribution is 2.48. The van der Waals surface area contributed by atoms with Crippen LogP contribution in [0.15, 0.2) is 61.6 Å². The number of carbonyl (C=O) groups is 1. The summed E-state index contributed by atoms with van der Waals surface area (Å²) in [5, 5.41) is 6.14. The van der Waals surface area contributed by atoms with Crippen LogP contribution in [0, 0.1) is 6.92 Å². The van der Waals surface area contributed by atoms with Gasteiger partial charge >= 0.3 is 0 Å². The molecule has 0 saturated heterocycles. The molecule has 1 aliphatic carbocycles. The van der Waals surface area contributed by atoms with Crippen LogP contribution < -0.4 is 10.6 Å². The smallest absolute Gasteiger partial charge is 0.255 e. The number of hydrogen-bond donors (Lipinski definition) is 3. The van der Waals surface area contributed by atoms with Gasteiger partial charge in [-0.3, -0.25) is 14.8 Å². The molecule has 6 rings (SSSR count). The van der Waals surface area contributed by atoms with Gasteiger partial charge in [-0.05, 0) is 50.1 Å². The first-order valence-electron chi connectivity index (χ1n) is 11.3. The first-order chi connectivity index (χ1) is 17.5. The number of fused-ring (bicyclic) bond motifs is 1. The standard InChI is InChI=1S/C25H20FN9O/c1-14-18(35-22-17(3-2-7-28-22)20-21-23(32-12-30-20)33-13-31-21)10-16(11-29-14)34-24(36)15-4-8-27-19(9-15)25(26)5-6-25/h2-4,7-13H,5-6H2,1H3,(H,28,35)(H,34,36)(H,30,31,32,33). The maximum Gasteiger partial charge on any atom is 0.255 e. The average molecular weight is 481 g/mol. The minimum Gasteiger partial charge on any atom is -0.341 e. The second-order valence-corrected chi connectivity index (χ2v) is 8.55. The summed E-state index contributed by atoms with van der Waals surface area (Å²) in [5.74, 6) is 0.178. The van der Waals surface area contributed by atoms with Crippen molar-refractivity contribution in [3.8, 4) is 11.3 Å². The Morgan fingerprint density at radius 3 is 2.81 bits per heavy atom. The highest BCUT2D eigenvalue weighted by molar-refractivity contribution is 6.04. The predicted octanol–water partition coefficient (Wildman–Crippen LogP) is 4.47. The molecule has 11 heteroatoms. The molecule has 0 radical (unpaired) electrons. The second kappa shape index (κ2) is 8.45. The Hall–Kier alpha value is -4.80. The summed E-state index contributed by atoms with van der Waals surface area (Å²) in [5.41, 5.74) is 3.69. The molecule has 0 unspecified atom stereocenters. The predicted molar refractivity (Wildman–Crippen MR) is 131 cm³/mol. The molecule has 1 fully saturated rings. The van der Waals surface area contributed by atoms with Gasteiger partial charge in [0.1, 0.15) is 23.4 Å². The van der Waals surface area contributed by atoms with Gasteiger partial charge < -0.3 is 15.6 Å². The van der Waals surface area contributed by atoms with E-state index in [1.165, 1.54) is 18.6 Å². The summed E-state index contributed by atoms with van der Waals surface area (Å²) < 4.78 is 14.4. The number of nitrogens with zero attached hydrogens (tertiary/aromatic N) is 6. The normalized spacial score (nSPS) is 13.9. The number of anilines is 3. The molecular formula is C25H20FN9O. The number of alkyl halides is 1. The van der Waals surface area contributed by atoms with Gasteiger partial charge in [0.2, 0.25) is 0 Å². The lowest BCUT2D eigenvalue weighted by Gasteiger charge is -2.14. The van der Waals surface area contributed by atoms with E-state index >= 15 is 0 Å². The topological polar surface area (TPSA) is 134 Å². The number of imidazole rings is 1. The summed E-state index contributed by atoms with van der Waals surface area (Å²) in [4.78, 5) is 41.7. The van der Waals surface area contributed by atoms with Crippen molar-refractivity contribution < 1.29 is 9.18 Å². The minimum atomic E-state index is -1.41. The van der Waals surface area contributed by atoms with Crippen molar-refractivity contribution in [3.63, 3.8) is 0 Å². The van der Waals surface area contributed by atoms with E-state index in [1.54, 1.807) is 30.9 Å². The average Bonchev–Trinajstić information content (AvgIpc) is 3.46. The van der Waals surface area contributed by atoms with Crippen LogP contribution in [-0.4, -0.2) is 40.8 Å². The molecule has 178 valence electrons. The molecule has 1 amide bonds. The Labute approximate surface area is 204 Å². The van der Waals surface area contributed by atoms with Crippen LogP contribution in [0.1, 0.15) is 34.6 Å². The number of halogens is 1. The van der Waals surface area contributed by atoms with E-state index in [-0.39, 0.29) is 5.91 Å². The number of aromatic amines is 1. The molecule has 1 saturated carbocycles. The lowest BCUT2D eigenvalue weighted by atomic mass is 10.1. The molecule has 10 nitrogen and oxygen atoms in total. The van der Waals surface area contributed by atoms with Gasteiger partial charge in [-0.2, -0.15) is 0 Å². The van der Waals surface area contributed by atoms with Gasteiger partial charge in [-0.15, -0.1) is 0 Å². The van der Waals surface area contributed by atoms with Gasteiger partial charge in [0.15, 0.2) is 11.3 Å². The minimum absolute atomic E-state index is 0.290. The fraction of sp³-hybridized carbons (Fsp3) is 0.160. The number of H-pyrrole nitrogens is 1. The molecule has 0 aliphatic heterocycles. The quantitative estimate of drug-likeness (QED) is 0.323. The van der Waals surface area contributed by atoms with Crippen LogP contribution in [0.4, 0.5) is 21.6 Å². The lowest BCUT2D eigenvalue weighted by molar-refractivity contribution is 0.102. The van der Waals surface area contributed by atoms with Crippen molar-refractivity contribution in [2.75, 3.05) is 10.6 Å². The third-order valence-electron chi connectivity index (χ3n) is 6.05. The highest BCUT2D eigenvalue weighted by atomic mass is 19.1. The van der Waals surface area contributed by atoms with Gasteiger partial charge in [0.25, 0.3) is 5.91 Å². The lowest BCUT2D eigenvalue weighted by Crippen LogP contribution is -2.14. The second-order valence-electron chi connectivity index (χ2n) is 8.55. The number of pyridine rings is 3. The van der Waals surface area contributed by atoms with E-state index in [2.05, 4.69) is 45.5 Å². The molecule has 0 atom stereocenters. The van der Waals surface area contributed by atoms with Gasteiger partial charge in [-0.1, -0.05) is 0 Å². The van der Waals surface area contributed by atoms with Crippen LogP contribution in [0.5, 0.6) is 0 Å². The van der Waals surface area contributed by atoms with Crippen LogP contribution in [0.25, 0.3) is 22.4 Å². The summed E-state index contributed by atoms with van der Waals surface area (Å²) in [6, 6.07) is 8.54. The maximum atomic E-state index is 14.4. The van der Waals surface area contributed by atoms with Crippen LogP contribution in [0.3, 0.4) is 0 Å². The molecule has 1 aliphatic rings. The first-order valence-corrected chi connectivity index (χ1v) is 11.3. The summed E-state index contributed by atoms with van der Waals surface area (Å²) in [6.45, 7) is 1.85. The van der Waals surface area contributed by atoms with Gasteiger partial charge in [0, 0.05) is 23.5 Å². The number of carbonyl (C=O) groups excluding carboxylic acids is 1. The number of rotatable bonds is 6. The van der Waals surface area contributed by atoms with E-state index in [0.717, 1.165) is 5.56 Å². The van der Waals surface area contributed by atoms with Crippen molar-refractivity contribution in [3.05, 3.63) is 78.5 Å². The molecule has 0 spiro atoms. The number of amides is 1. The largest absolute Gasteiger partial charge is 0.341 e. The third kappa shape index (κ3) is 4.00. The summed E-state index contributed by atoms with van der Waals surface area (Å²) in [7, 11) is 0. The molecule has 3 N–H and O–H groups in total. The molecule has 5 aromatic rings. The van der Waals surface area contributed by atoms with Gasteiger partial charge in [0.05, 0.1) is 35.3 Å². The zero-order valence-corrected chi connectivity index (χ0v) is 19.2. The van der Waals surface area contributed by atoms with E-state index in [1.807, 2.05) is 19.1 Å². The zero-order chi connectivity index (χ0) is 24.7. The van der Waals surface area contributed by atoms with Crippen molar-refractivity contribution in [1.29, 1.82) is 0 Å². The van der Waals surface area contributed by atoms with Crippen molar-refractivity contribution in [2.45, 2.75) is 25.4 Å². The monoisotopic (exact) mass is 481 g/mol. The van der Waals surface area contributed by atoms with E-state index in [0.29, 0.717) is 63.8 Å². The first kappa shape index (κ1) is 21.7. The third-order valence-corrected chi connectivity index (χ3v) is 6.05. The molecule has 0 aromatic carbocycles. The summed E-state index contributed by atoms with van der Waals surface area (Å²) in [6.07, 6.45) is 8.57. The fourth-order valence-electron chi connectivity index (χ4n) is 3.91. The Kier molecular flexibility index (Phi) is 5.10. The SMILES string of the molecule is Cc1ncc(NC(=O)c2ccnc(C3(F)CC3)c2)cc1Nc1ncccc1-c1ncnc2nc[nH]c12. The van der Waals surface area contributed by atoms with Crippen LogP contribution in [0.2, 0.25) is 0 Å². The fourth-order valence-corrected chi connectivity index (χ4v) is 3.91. The Morgan fingerprint density at radius 2 is 1.94 bits per heavy atom. The van der Waals surface area contributed by atoms with E-state index in [9.17, 15) is 9.18 Å². The number of aryl methyl sites for hydroxylation is 1. The van der Waals surface area contributed by atoms with Crippen LogP contribution in [-0.2, 0) is 5.67 Å². The molecular weight excluding hydrogens is 461 g/mol. The highest BCUT2D eigenvalue weighted by Gasteiger charge is 2.46. The van der Waals surface area contributed by atoms with Crippen molar-refractivity contribution >= 4 is 34.3 Å². The molecule has 36 heavy (non-hydrogen) atoms.